The zero-order valence-electron chi connectivity index (χ0n) is 11.9. The van der Waals surface area contributed by atoms with Gasteiger partial charge in [-0.25, -0.2) is 9.97 Å². The Morgan fingerprint density at radius 3 is 2.55 bits per heavy atom. The molecule has 0 bridgehead atoms. The van der Waals surface area contributed by atoms with Gasteiger partial charge in [0.25, 0.3) is 0 Å². The van der Waals surface area contributed by atoms with Crippen LogP contribution in [0.2, 0.25) is 0 Å². The molecular weight excluding hydrogens is 291 g/mol. The molecule has 6 heteroatoms. The van der Waals surface area contributed by atoms with Gasteiger partial charge in [-0.1, -0.05) is 12.1 Å². The molecule has 1 saturated heterocycles. The molecule has 3 nitrogen and oxygen atoms in total. The van der Waals surface area contributed by atoms with Crippen LogP contribution in [0.4, 0.5) is 19.1 Å². The second-order valence-corrected chi connectivity index (χ2v) is 5.38. The van der Waals surface area contributed by atoms with Crippen LogP contribution in [0.5, 0.6) is 0 Å². The summed E-state index contributed by atoms with van der Waals surface area (Å²) in [5.41, 5.74) is 0.0616. The Balaban J connectivity index is 1.94. The highest BCUT2D eigenvalue weighted by Gasteiger charge is 2.32. The third kappa shape index (κ3) is 3.05. The molecule has 1 aliphatic rings. The van der Waals surface area contributed by atoms with Crippen LogP contribution >= 0.6 is 0 Å². The van der Waals surface area contributed by atoms with Crippen molar-refractivity contribution in [2.45, 2.75) is 31.5 Å². The molecule has 2 aromatic rings. The first-order valence-electron chi connectivity index (χ1n) is 7.26. The van der Waals surface area contributed by atoms with Crippen molar-refractivity contribution >= 4 is 5.95 Å². The van der Waals surface area contributed by atoms with Crippen LogP contribution in [-0.2, 0) is 6.18 Å². The number of nitrogens with zero attached hydrogens (tertiary/aromatic N) is 3. The third-order valence-electron chi connectivity index (χ3n) is 3.91. The predicted octanol–water partition coefficient (Wildman–Crippen LogP) is 4.23. The van der Waals surface area contributed by atoms with Crippen molar-refractivity contribution < 1.29 is 13.2 Å². The molecule has 1 atom stereocenters. The number of rotatable bonds is 2. The number of hydrogen-bond acceptors (Lipinski definition) is 3. The molecule has 1 aromatic carbocycles. The molecule has 2 heterocycles. The number of benzene rings is 1. The summed E-state index contributed by atoms with van der Waals surface area (Å²) in [5.74, 6) is 0.574. The molecule has 1 fully saturated rings. The van der Waals surface area contributed by atoms with Gasteiger partial charge in [-0.15, -0.1) is 0 Å². The van der Waals surface area contributed by atoms with Crippen molar-refractivity contribution in [1.82, 2.24) is 9.97 Å². The molecule has 0 spiro atoms. The summed E-state index contributed by atoms with van der Waals surface area (Å²) in [6.07, 6.45) is 1.77. The van der Waals surface area contributed by atoms with Crippen LogP contribution in [0.3, 0.4) is 0 Å². The van der Waals surface area contributed by atoms with Gasteiger partial charge >= 0.3 is 6.18 Å². The maximum atomic E-state index is 12.9. The normalized spacial score (nSPS) is 19.2. The smallest absolute Gasteiger partial charge is 0.334 e. The lowest BCUT2D eigenvalue weighted by Gasteiger charge is -2.36. The topological polar surface area (TPSA) is 29.0 Å². The average Bonchev–Trinajstić information content (AvgIpc) is 2.55. The molecule has 0 aliphatic carbocycles. The van der Waals surface area contributed by atoms with Crippen molar-refractivity contribution in [3.05, 3.63) is 53.9 Å². The van der Waals surface area contributed by atoms with Crippen LogP contribution < -0.4 is 4.90 Å². The number of hydrogen-bond donors (Lipinski definition) is 0. The van der Waals surface area contributed by atoms with Gasteiger partial charge in [-0.05, 0) is 43.0 Å². The van der Waals surface area contributed by atoms with Crippen LogP contribution in [0.25, 0.3) is 0 Å². The van der Waals surface area contributed by atoms with Crippen molar-refractivity contribution in [3.8, 4) is 0 Å². The molecular formula is C16H16F3N3. The predicted molar refractivity (Wildman–Crippen MR) is 77.4 cm³/mol. The zero-order valence-corrected chi connectivity index (χ0v) is 11.9. The second-order valence-electron chi connectivity index (χ2n) is 5.38. The zero-order chi connectivity index (χ0) is 15.6. The number of halogens is 3. The quantitative estimate of drug-likeness (QED) is 0.831. The Morgan fingerprint density at radius 2 is 1.82 bits per heavy atom. The van der Waals surface area contributed by atoms with Crippen molar-refractivity contribution in [2.24, 2.45) is 0 Å². The first-order valence-corrected chi connectivity index (χ1v) is 7.26. The molecule has 0 radical (unpaired) electrons. The van der Waals surface area contributed by atoms with Gasteiger partial charge in [0.1, 0.15) is 0 Å². The molecule has 0 amide bonds. The van der Waals surface area contributed by atoms with E-state index in [4.69, 9.17) is 0 Å². The lowest BCUT2D eigenvalue weighted by Crippen LogP contribution is -2.34. The highest BCUT2D eigenvalue weighted by molar-refractivity contribution is 5.38. The summed E-state index contributed by atoms with van der Waals surface area (Å²) in [5, 5.41) is 0. The second kappa shape index (κ2) is 5.94. The van der Waals surface area contributed by atoms with Gasteiger partial charge in [0, 0.05) is 18.9 Å². The van der Waals surface area contributed by atoms with E-state index in [9.17, 15) is 13.2 Å². The maximum Gasteiger partial charge on any atom is 0.416 e. The fourth-order valence-corrected chi connectivity index (χ4v) is 2.88. The van der Waals surface area contributed by atoms with E-state index in [1.165, 1.54) is 12.1 Å². The minimum Gasteiger partial charge on any atom is -0.334 e. The monoisotopic (exact) mass is 307 g/mol. The maximum absolute atomic E-state index is 12.9. The van der Waals surface area contributed by atoms with Gasteiger partial charge in [0.05, 0.1) is 11.6 Å². The third-order valence-corrected chi connectivity index (χ3v) is 3.91. The Labute approximate surface area is 126 Å². The molecule has 22 heavy (non-hydrogen) atoms. The van der Waals surface area contributed by atoms with Gasteiger partial charge in [0.15, 0.2) is 0 Å². The molecule has 116 valence electrons. The minimum absolute atomic E-state index is 0.113. The molecule has 3 rings (SSSR count). The Morgan fingerprint density at radius 1 is 1.05 bits per heavy atom. The summed E-state index contributed by atoms with van der Waals surface area (Å²) in [6.45, 7) is 0.755. The van der Waals surface area contributed by atoms with Gasteiger partial charge in [-0.3, -0.25) is 0 Å². The first kappa shape index (κ1) is 14.8. The highest BCUT2D eigenvalue weighted by atomic mass is 19.4. The van der Waals surface area contributed by atoms with Gasteiger partial charge < -0.3 is 4.90 Å². The van der Waals surface area contributed by atoms with Gasteiger partial charge in [0.2, 0.25) is 5.95 Å². The van der Waals surface area contributed by atoms with E-state index in [1.54, 1.807) is 24.5 Å². The highest BCUT2D eigenvalue weighted by Crippen LogP contribution is 2.36. The van der Waals surface area contributed by atoms with E-state index in [1.807, 2.05) is 4.90 Å². The summed E-state index contributed by atoms with van der Waals surface area (Å²) in [6, 6.07) is 7.19. The summed E-state index contributed by atoms with van der Waals surface area (Å²) < 4.78 is 38.8. The van der Waals surface area contributed by atoms with Gasteiger partial charge in [-0.2, -0.15) is 13.2 Å². The van der Waals surface area contributed by atoms with Crippen molar-refractivity contribution in [1.29, 1.82) is 0 Å². The molecule has 1 aromatic heterocycles. The van der Waals surface area contributed by atoms with Crippen molar-refractivity contribution in [2.75, 3.05) is 11.4 Å². The van der Waals surface area contributed by atoms with Crippen LogP contribution in [0.15, 0.2) is 42.7 Å². The number of aromatic nitrogens is 2. The number of anilines is 1. The van der Waals surface area contributed by atoms with E-state index < -0.39 is 11.7 Å². The lowest BCUT2D eigenvalue weighted by atomic mass is 9.94. The molecule has 0 saturated carbocycles. The number of alkyl halides is 3. The lowest BCUT2D eigenvalue weighted by molar-refractivity contribution is -0.137. The van der Waals surface area contributed by atoms with E-state index in [0.29, 0.717) is 11.5 Å². The standard InChI is InChI=1S/C16H16F3N3/c17-16(18,19)13-6-3-5-12(11-13)14-7-1-2-10-22(14)15-20-8-4-9-21-15/h3-6,8-9,11,14H,1-2,7,10H2. The summed E-state index contributed by atoms with van der Waals surface area (Å²) >= 11 is 0. The Bertz CT molecular complexity index is 628. The van der Waals surface area contributed by atoms with Crippen LogP contribution in [-0.4, -0.2) is 16.5 Å². The summed E-state index contributed by atoms with van der Waals surface area (Å²) in [7, 11) is 0. The Hall–Kier alpha value is -2.11. The number of piperidine rings is 1. The van der Waals surface area contributed by atoms with E-state index >= 15 is 0 Å². The van der Waals surface area contributed by atoms with Crippen LogP contribution in [0, 0.1) is 0 Å². The van der Waals surface area contributed by atoms with E-state index in [-0.39, 0.29) is 6.04 Å². The minimum atomic E-state index is -4.32. The molecule has 1 unspecified atom stereocenters. The first-order chi connectivity index (χ1) is 10.6. The SMILES string of the molecule is FC(F)(F)c1cccc(C2CCCCN2c2ncccn2)c1. The van der Waals surface area contributed by atoms with Crippen LogP contribution in [0.1, 0.15) is 36.4 Å². The van der Waals surface area contributed by atoms with E-state index in [0.717, 1.165) is 31.9 Å². The van der Waals surface area contributed by atoms with Crippen molar-refractivity contribution in [3.63, 3.8) is 0 Å². The fraction of sp³-hybridized carbons (Fsp3) is 0.375. The average molecular weight is 307 g/mol. The molecule has 1 aliphatic heterocycles. The fourth-order valence-electron chi connectivity index (χ4n) is 2.88. The summed E-state index contributed by atoms with van der Waals surface area (Å²) in [4.78, 5) is 10.5. The largest absolute Gasteiger partial charge is 0.416 e. The molecule has 0 N–H and O–H groups in total. The Kier molecular flexibility index (Phi) is 4.00. The van der Waals surface area contributed by atoms with E-state index in [2.05, 4.69) is 9.97 Å².